The van der Waals surface area contributed by atoms with Crippen molar-refractivity contribution < 1.29 is 14.3 Å². The van der Waals surface area contributed by atoms with E-state index in [-0.39, 0.29) is 24.3 Å². The maximum Gasteiger partial charge on any atom is 0.250 e. The maximum absolute atomic E-state index is 13.5. The van der Waals surface area contributed by atoms with Crippen LogP contribution in [-0.2, 0) is 20.9 Å². The lowest BCUT2D eigenvalue weighted by Crippen LogP contribution is -2.35. The molecule has 0 aliphatic rings. The summed E-state index contributed by atoms with van der Waals surface area (Å²) in [6.07, 6.45) is 1.62. The van der Waals surface area contributed by atoms with Crippen LogP contribution in [0.25, 0.3) is 0 Å². The van der Waals surface area contributed by atoms with Gasteiger partial charge in [-0.05, 0) is 42.2 Å². The molecular formula is C25H35N3O3. The molecule has 0 bridgehead atoms. The van der Waals surface area contributed by atoms with Crippen molar-refractivity contribution in [3.05, 3.63) is 59.7 Å². The molecule has 0 heterocycles. The third-order valence-corrected chi connectivity index (χ3v) is 5.20. The number of nitrogens with one attached hydrogen (secondary N) is 1. The molecule has 6 heteroatoms. The van der Waals surface area contributed by atoms with Crippen LogP contribution >= 0.6 is 0 Å². The summed E-state index contributed by atoms with van der Waals surface area (Å²) in [5.41, 5.74) is 3.75. The fourth-order valence-electron chi connectivity index (χ4n) is 3.76. The van der Waals surface area contributed by atoms with E-state index in [1.165, 1.54) is 7.11 Å². The van der Waals surface area contributed by atoms with E-state index in [0.717, 1.165) is 29.7 Å². The molecule has 1 N–H and O–H groups in total. The van der Waals surface area contributed by atoms with Gasteiger partial charge in [-0.3, -0.25) is 9.59 Å². The molecule has 0 radical (unpaired) electrons. The summed E-state index contributed by atoms with van der Waals surface area (Å²) in [7, 11) is 5.45. The minimum Gasteiger partial charge on any atom is -0.377 e. The molecule has 1 atom stereocenters. The lowest BCUT2D eigenvalue weighted by molar-refractivity contribution is -0.133. The van der Waals surface area contributed by atoms with Crippen LogP contribution in [0.5, 0.6) is 0 Å². The summed E-state index contributed by atoms with van der Waals surface area (Å²) in [6.45, 7) is 5.29. The van der Waals surface area contributed by atoms with Crippen LogP contribution in [0.3, 0.4) is 0 Å². The van der Waals surface area contributed by atoms with E-state index in [0.29, 0.717) is 18.8 Å². The van der Waals surface area contributed by atoms with Crippen molar-refractivity contribution in [2.45, 2.75) is 39.2 Å². The highest BCUT2D eigenvalue weighted by atomic mass is 16.5. The number of anilines is 2. The number of carbonyl (C=O) groups excluding carboxylic acids is 2. The van der Waals surface area contributed by atoms with E-state index in [2.05, 4.69) is 19.2 Å². The molecule has 0 saturated carbocycles. The number of hydrogen-bond acceptors (Lipinski definition) is 4. The first-order valence-electron chi connectivity index (χ1n) is 10.8. The number of nitrogens with zero attached hydrogens (tertiary/aromatic N) is 2. The molecule has 0 aromatic heterocycles. The van der Waals surface area contributed by atoms with E-state index in [1.807, 2.05) is 72.4 Å². The highest BCUT2D eigenvalue weighted by Crippen LogP contribution is 2.28. The lowest BCUT2D eigenvalue weighted by Gasteiger charge is -2.29. The van der Waals surface area contributed by atoms with Crippen LogP contribution in [0.15, 0.2) is 48.5 Å². The number of rotatable bonds is 11. The molecule has 168 valence electrons. The first kappa shape index (κ1) is 24.4. The molecule has 6 nitrogen and oxygen atoms in total. The second-order valence-electron chi connectivity index (χ2n) is 7.85. The summed E-state index contributed by atoms with van der Waals surface area (Å²) in [5.74, 6) is -0.239. The largest absolute Gasteiger partial charge is 0.377 e. The summed E-state index contributed by atoms with van der Waals surface area (Å²) >= 11 is 0. The van der Waals surface area contributed by atoms with Gasteiger partial charge < -0.3 is 19.9 Å². The predicted octanol–water partition coefficient (Wildman–Crippen LogP) is 4.27. The van der Waals surface area contributed by atoms with E-state index in [9.17, 15) is 9.59 Å². The standard InChI is InChI=1S/C25H35N3O3/c1-6-15-28(25(30)22(7-2)19-11-9-8-10-12-19)17-20-16-21(26-24(29)18-31-5)13-14-23(20)27(3)4/h8-14,16,22H,6-7,15,17-18H2,1-5H3,(H,26,29). The number of carbonyl (C=O) groups is 2. The SMILES string of the molecule is CCCN(Cc1cc(NC(=O)COC)ccc1N(C)C)C(=O)C(CC)c1ccccc1. The first-order chi connectivity index (χ1) is 14.9. The molecule has 2 aromatic carbocycles. The Bertz CT molecular complexity index is 852. The summed E-state index contributed by atoms with van der Waals surface area (Å²) < 4.78 is 4.90. The smallest absolute Gasteiger partial charge is 0.250 e. The first-order valence-corrected chi connectivity index (χ1v) is 10.8. The number of methoxy groups -OCH3 is 1. The monoisotopic (exact) mass is 425 g/mol. The zero-order valence-electron chi connectivity index (χ0n) is 19.4. The molecule has 0 fully saturated rings. The average Bonchev–Trinajstić information content (AvgIpc) is 2.74. The van der Waals surface area contributed by atoms with Gasteiger partial charge in [-0.1, -0.05) is 44.2 Å². The molecule has 0 aliphatic heterocycles. The van der Waals surface area contributed by atoms with Crippen LogP contribution < -0.4 is 10.2 Å². The Morgan fingerprint density at radius 1 is 1.06 bits per heavy atom. The van der Waals surface area contributed by atoms with Gasteiger partial charge in [0.15, 0.2) is 0 Å². The van der Waals surface area contributed by atoms with Crippen molar-refractivity contribution in [1.82, 2.24) is 4.90 Å². The Morgan fingerprint density at radius 2 is 1.77 bits per heavy atom. The Labute approximate surface area is 186 Å². The normalized spacial score (nSPS) is 11.6. The number of hydrogen-bond donors (Lipinski definition) is 1. The fourth-order valence-corrected chi connectivity index (χ4v) is 3.76. The topological polar surface area (TPSA) is 61.9 Å². The predicted molar refractivity (Wildman–Crippen MR) is 126 cm³/mol. The van der Waals surface area contributed by atoms with Crippen LogP contribution in [0.2, 0.25) is 0 Å². The van der Waals surface area contributed by atoms with Crippen LogP contribution in [0, 0.1) is 0 Å². The third kappa shape index (κ3) is 6.82. The molecule has 2 aromatic rings. The minimum absolute atomic E-state index is 0.000463. The van der Waals surface area contributed by atoms with Crippen molar-refractivity contribution >= 4 is 23.2 Å². The molecule has 1 unspecified atom stereocenters. The zero-order valence-corrected chi connectivity index (χ0v) is 19.4. The average molecular weight is 426 g/mol. The van der Waals surface area contributed by atoms with Gasteiger partial charge in [0, 0.05) is 45.7 Å². The van der Waals surface area contributed by atoms with E-state index < -0.39 is 0 Å². The summed E-state index contributed by atoms with van der Waals surface area (Å²) in [4.78, 5) is 29.4. The van der Waals surface area contributed by atoms with Crippen molar-refractivity contribution in [2.24, 2.45) is 0 Å². The maximum atomic E-state index is 13.5. The summed E-state index contributed by atoms with van der Waals surface area (Å²) in [5, 5.41) is 2.86. The summed E-state index contributed by atoms with van der Waals surface area (Å²) in [6, 6.07) is 15.8. The van der Waals surface area contributed by atoms with E-state index in [4.69, 9.17) is 4.74 Å². The van der Waals surface area contributed by atoms with Crippen LogP contribution in [-0.4, -0.2) is 51.1 Å². The quantitative estimate of drug-likeness (QED) is 0.584. The molecule has 2 rings (SSSR count). The van der Waals surface area contributed by atoms with Crippen molar-refractivity contribution in [2.75, 3.05) is 44.6 Å². The highest BCUT2D eigenvalue weighted by molar-refractivity contribution is 5.92. The number of amides is 2. The number of ether oxygens (including phenoxy) is 1. The van der Waals surface area contributed by atoms with Gasteiger partial charge in [-0.25, -0.2) is 0 Å². The number of benzene rings is 2. The van der Waals surface area contributed by atoms with Gasteiger partial charge in [-0.15, -0.1) is 0 Å². The second-order valence-corrected chi connectivity index (χ2v) is 7.85. The van der Waals surface area contributed by atoms with Gasteiger partial charge >= 0.3 is 0 Å². The van der Waals surface area contributed by atoms with Gasteiger partial charge in [0.05, 0.1) is 5.92 Å². The van der Waals surface area contributed by atoms with Gasteiger partial charge in [-0.2, -0.15) is 0 Å². The van der Waals surface area contributed by atoms with Crippen molar-refractivity contribution in [1.29, 1.82) is 0 Å². The van der Waals surface area contributed by atoms with Crippen molar-refractivity contribution in [3.8, 4) is 0 Å². The van der Waals surface area contributed by atoms with Crippen LogP contribution in [0.4, 0.5) is 11.4 Å². The molecule has 0 saturated heterocycles. The minimum atomic E-state index is -0.206. The fraction of sp³-hybridized carbons (Fsp3) is 0.440. The molecule has 2 amide bonds. The van der Waals surface area contributed by atoms with Crippen molar-refractivity contribution in [3.63, 3.8) is 0 Å². The molecule has 0 aliphatic carbocycles. The second kappa shape index (κ2) is 12.1. The molecule has 31 heavy (non-hydrogen) atoms. The van der Waals surface area contributed by atoms with E-state index in [1.54, 1.807) is 0 Å². The zero-order chi connectivity index (χ0) is 22.8. The van der Waals surface area contributed by atoms with Gasteiger partial charge in [0.1, 0.15) is 6.61 Å². The Hall–Kier alpha value is -2.86. The highest BCUT2D eigenvalue weighted by Gasteiger charge is 2.25. The third-order valence-electron chi connectivity index (χ3n) is 5.20. The van der Waals surface area contributed by atoms with E-state index >= 15 is 0 Å². The Morgan fingerprint density at radius 3 is 2.35 bits per heavy atom. The van der Waals surface area contributed by atoms with Gasteiger partial charge in [0.2, 0.25) is 11.8 Å². The molecule has 0 spiro atoms. The van der Waals surface area contributed by atoms with Gasteiger partial charge in [0.25, 0.3) is 0 Å². The van der Waals surface area contributed by atoms with Crippen LogP contribution in [0.1, 0.15) is 43.7 Å². The Kier molecular flexibility index (Phi) is 9.53. The molecular weight excluding hydrogens is 390 g/mol. The Balaban J connectivity index is 2.33. The lowest BCUT2D eigenvalue weighted by atomic mass is 9.94.